The van der Waals surface area contributed by atoms with Gasteiger partial charge in [-0.1, -0.05) is 24.3 Å². The molecule has 1 saturated heterocycles. The Labute approximate surface area is 175 Å². The number of hydrogen-bond acceptors (Lipinski definition) is 4. The largest absolute Gasteiger partial charge is 0.376 e. The first kappa shape index (κ1) is 19.9. The van der Waals surface area contributed by atoms with Gasteiger partial charge in [0.1, 0.15) is 0 Å². The van der Waals surface area contributed by atoms with Crippen LogP contribution in [0.2, 0.25) is 0 Å². The Balaban J connectivity index is 1.54. The number of ether oxygens (including phenoxy) is 1. The third-order valence-electron chi connectivity index (χ3n) is 5.50. The number of aryl methyl sites for hydroxylation is 1. The molecule has 1 fully saturated rings. The van der Waals surface area contributed by atoms with E-state index < -0.39 is 0 Å². The van der Waals surface area contributed by atoms with E-state index in [4.69, 9.17) is 9.84 Å². The lowest BCUT2D eigenvalue weighted by Crippen LogP contribution is -2.37. The van der Waals surface area contributed by atoms with Crippen LogP contribution in [0.5, 0.6) is 0 Å². The van der Waals surface area contributed by atoms with Crippen molar-refractivity contribution in [2.75, 3.05) is 13.2 Å². The molecular formula is C23H27N3O2S. The molecule has 0 N–H and O–H groups in total. The Morgan fingerprint density at radius 3 is 2.76 bits per heavy atom. The van der Waals surface area contributed by atoms with Gasteiger partial charge < -0.3 is 9.64 Å². The van der Waals surface area contributed by atoms with Crippen LogP contribution in [0.15, 0.2) is 47.8 Å². The van der Waals surface area contributed by atoms with Crippen LogP contribution in [-0.4, -0.2) is 39.8 Å². The standard InChI is InChI=1S/C23H27N3O2S/c1-17-22(18(2)26(24-17)19-8-4-3-5-9-19)14-23(27)25(15-20-10-6-12-28-20)16-21-11-7-13-29-21/h3-5,7-9,11,13,20H,6,10,12,14-16H2,1-2H3. The van der Waals surface area contributed by atoms with E-state index in [1.807, 2.05) is 59.8 Å². The molecule has 1 unspecified atom stereocenters. The van der Waals surface area contributed by atoms with Crippen molar-refractivity contribution in [3.05, 3.63) is 69.7 Å². The van der Waals surface area contributed by atoms with E-state index in [-0.39, 0.29) is 12.0 Å². The number of rotatable bonds is 7. The van der Waals surface area contributed by atoms with Crippen molar-refractivity contribution < 1.29 is 9.53 Å². The molecule has 1 aromatic carbocycles. The van der Waals surface area contributed by atoms with Crippen LogP contribution in [0, 0.1) is 13.8 Å². The molecular weight excluding hydrogens is 382 g/mol. The lowest BCUT2D eigenvalue weighted by molar-refractivity contribution is -0.132. The molecule has 1 amide bonds. The molecule has 0 saturated carbocycles. The molecule has 29 heavy (non-hydrogen) atoms. The molecule has 0 spiro atoms. The lowest BCUT2D eigenvalue weighted by Gasteiger charge is -2.25. The van der Waals surface area contributed by atoms with Gasteiger partial charge in [-0.05, 0) is 50.3 Å². The topological polar surface area (TPSA) is 47.4 Å². The van der Waals surface area contributed by atoms with Gasteiger partial charge in [-0.15, -0.1) is 11.3 Å². The third-order valence-corrected chi connectivity index (χ3v) is 6.36. The Morgan fingerprint density at radius 2 is 2.07 bits per heavy atom. The van der Waals surface area contributed by atoms with Gasteiger partial charge in [0.05, 0.1) is 30.5 Å². The average molecular weight is 410 g/mol. The van der Waals surface area contributed by atoms with E-state index in [2.05, 4.69) is 11.4 Å². The summed E-state index contributed by atoms with van der Waals surface area (Å²) in [5, 5.41) is 6.75. The maximum atomic E-state index is 13.3. The van der Waals surface area contributed by atoms with Crippen molar-refractivity contribution in [2.45, 2.75) is 45.8 Å². The molecule has 152 valence electrons. The minimum Gasteiger partial charge on any atom is -0.376 e. The number of hydrogen-bond donors (Lipinski definition) is 0. The minimum absolute atomic E-state index is 0.132. The molecule has 0 bridgehead atoms. The van der Waals surface area contributed by atoms with Crippen molar-refractivity contribution >= 4 is 17.2 Å². The summed E-state index contributed by atoms with van der Waals surface area (Å²) in [6, 6.07) is 14.2. The molecule has 2 aromatic heterocycles. The lowest BCUT2D eigenvalue weighted by atomic mass is 10.1. The molecule has 3 heterocycles. The van der Waals surface area contributed by atoms with Crippen LogP contribution in [-0.2, 0) is 22.5 Å². The van der Waals surface area contributed by atoms with E-state index in [1.165, 1.54) is 4.88 Å². The molecule has 1 aliphatic heterocycles. The van der Waals surface area contributed by atoms with Crippen LogP contribution >= 0.6 is 11.3 Å². The van der Waals surface area contributed by atoms with Gasteiger partial charge in [0.2, 0.25) is 5.91 Å². The number of nitrogens with zero attached hydrogens (tertiary/aromatic N) is 3. The highest BCUT2D eigenvalue weighted by Crippen LogP contribution is 2.22. The zero-order valence-corrected chi connectivity index (χ0v) is 17.8. The number of carbonyl (C=O) groups is 1. The first-order chi connectivity index (χ1) is 14.1. The van der Waals surface area contributed by atoms with Gasteiger partial charge >= 0.3 is 0 Å². The third kappa shape index (κ3) is 4.60. The Bertz CT molecular complexity index is 944. The normalized spacial score (nSPS) is 16.3. The van der Waals surface area contributed by atoms with Crippen molar-refractivity contribution in [1.82, 2.24) is 14.7 Å². The highest BCUT2D eigenvalue weighted by atomic mass is 32.1. The number of carbonyl (C=O) groups excluding carboxylic acids is 1. The Hall–Kier alpha value is -2.44. The fourth-order valence-electron chi connectivity index (χ4n) is 3.89. The van der Waals surface area contributed by atoms with E-state index in [0.29, 0.717) is 19.5 Å². The smallest absolute Gasteiger partial charge is 0.227 e. The number of aromatic nitrogens is 2. The first-order valence-electron chi connectivity index (χ1n) is 10.1. The predicted octanol–water partition coefficient (Wildman–Crippen LogP) is 4.30. The minimum atomic E-state index is 0.132. The number of benzene rings is 1. The van der Waals surface area contributed by atoms with Crippen molar-refractivity contribution in [3.63, 3.8) is 0 Å². The maximum Gasteiger partial charge on any atom is 0.227 e. The average Bonchev–Trinajstić information content (AvgIpc) is 3.48. The van der Waals surface area contributed by atoms with E-state index in [9.17, 15) is 4.79 Å². The molecule has 4 rings (SSSR count). The Morgan fingerprint density at radius 1 is 1.24 bits per heavy atom. The van der Waals surface area contributed by atoms with E-state index >= 15 is 0 Å². The summed E-state index contributed by atoms with van der Waals surface area (Å²) in [5.41, 5.74) is 3.96. The van der Waals surface area contributed by atoms with Gasteiger partial charge in [-0.25, -0.2) is 4.68 Å². The molecule has 1 atom stereocenters. The molecule has 1 aliphatic rings. The van der Waals surface area contributed by atoms with Gasteiger partial charge in [0, 0.05) is 29.3 Å². The number of amides is 1. The zero-order chi connectivity index (χ0) is 20.2. The van der Waals surface area contributed by atoms with E-state index in [0.717, 1.165) is 42.1 Å². The van der Waals surface area contributed by atoms with Crippen molar-refractivity contribution in [2.24, 2.45) is 0 Å². The molecule has 0 radical (unpaired) electrons. The van der Waals surface area contributed by atoms with E-state index in [1.54, 1.807) is 11.3 Å². The zero-order valence-electron chi connectivity index (χ0n) is 17.0. The predicted molar refractivity (Wildman–Crippen MR) is 115 cm³/mol. The number of para-hydroxylation sites is 1. The second kappa shape index (κ2) is 8.93. The maximum absolute atomic E-state index is 13.3. The van der Waals surface area contributed by atoms with Crippen LogP contribution in [0.25, 0.3) is 5.69 Å². The van der Waals surface area contributed by atoms with Crippen LogP contribution < -0.4 is 0 Å². The second-order valence-electron chi connectivity index (χ2n) is 7.56. The SMILES string of the molecule is Cc1nn(-c2ccccc2)c(C)c1CC(=O)N(Cc1cccs1)CC1CCCO1. The van der Waals surface area contributed by atoms with Gasteiger partial charge in [0.15, 0.2) is 0 Å². The van der Waals surface area contributed by atoms with Crippen molar-refractivity contribution in [3.8, 4) is 5.69 Å². The van der Waals surface area contributed by atoms with Gasteiger partial charge in [0.25, 0.3) is 0 Å². The van der Waals surface area contributed by atoms with Crippen LogP contribution in [0.4, 0.5) is 0 Å². The molecule has 6 heteroatoms. The second-order valence-corrected chi connectivity index (χ2v) is 8.59. The summed E-state index contributed by atoms with van der Waals surface area (Å²) in [4.78, 5) is 16.5. The highest BCUT2D eigenvalue weighted by Gasteiger charge is 2.25. The molecule has 0 aliphatic carbocycles. The summed E-state index contributed by atoms with van der Waals surface area (Å²) < 4.78 is 7.74. The summed E-state index contributed by atoms with van der Waals surface area (Å²) in [6.45, 7) is 6.12. The van der Waals surface area contributed by atoms with Gasteiger partial charge in [-0.2, -0.15) is 5.10 Å². The molecule has 5 nitrogen and oxygen atoms in total. The molecule has 3 aromatic rings. The fraction of sp³-hybridized carbons (Fsp3) is 0.391. The summed E-state index contributed by atoms with van der Waals surface area (Å²) >= 11 is 1.69. The summed E-state index contributed by atoms with van der Waals surface area (Å²) in [7, 11) is 0. The summed E-state index contributed by atoms with van der Waals surface area (Å²) in [6.07, 6.45) is 2.61. The fourth-order valence-corrected chi connectivity index (χ4v) is 4.61. The summed E-state index contributed by atoms with van der Waals surface area (Å²) in [5.74, 6) is 0.132. The van der Waals surface area contributed by atoms with Gasteiger partial charge in [-0.3, -0.25) is 4.79 Å². The number of thiophene rings is 1. The first-order valence-corrected chi connectivity index (χ1v) is 11.0. The quantitative estimate of drug-likeness (QED) is 0.584. The Kier molecular flexibility index (Phi) is 6.11. The highest BCUT2D eigenvalue weighted by molar-refractivity contribution is 7.09. The van der Waals surface area contributed by atoms with Crippen LogP contribution in [0.1, 0.15) is 34.7 Å². The monoisotopic (exact) mass is 409 g/mol. The van der Waals surface area contributed by atoms with Crippen LogP contribution in [0.3, 0.4) is 0 Å². The van der Waals surface area contributed by atoms with Crippen molar-refractivity contribution in [1.29, 1.82) is 0 Å².